The summed E-state index contributed by atoms with van der Waals surface area (Å²) in [5.74, 6) is 1.39. The average molecular weight is 389 g/mol. The highest BCUT2D eigenvalue weighted by Crippen LogP contribution is 2.25. The predicted octanol–water partition coefficient (Wildman–Crippen LogP) is 2.59. The number of hydrogen-bond acceptors (Lipinski definition) is 5. The molecule has 0 amide bonds. The highest BCUT2D eigenvalue weighted by molar-refractivity contribution is 6.32. The SMILES string of the molecule is CN=C(NCc1ccccc1[N+](=O)[O-])NC1CCN(c2ncccc2Cl)C1. The Hall–Kier alpha value is -2.87. The summed E-state index contributed by atoms with van der Waals surface area (Å²) in [6.45, 7) is 1.91. The van der Waals surface area contributed by atoms with Gasteiger partial charge in [0.05, 0.1) is 9.95 Å². The van der Waals surface area contributed by atoms with Crippen LogP contribution < -0.4 is 15.5 Å². The number of anilines is 1. The highest BCUT2D eigenvalue weighted by atomic mass is 35.5. The Morgan fingerprint density at radius 1 is 1.41 bits per heavy atom. The van der Waals surface area contributed by atoms with Crippen LogP contribution in [0.1, 0.15) is 12.0 Å². The van der Waals surface area contributed by atoms with E-state index in [1.807, 2.05) is 12.1 Å². The zero-order chi connectivity index (χ0) is 19.2. The smallest absolute Gasteiger partial charge is 0.274 e. The molecule has 2 N–H and O–H groups in total. The Morgan fingerprint density at radius 3 is 2.96 bits per heavy atom. The van der Waals surface area contributed by atoms with Crippen molar-refractivity contribution in [1.29, 1.82) is 0 Å². The normalized spacial score (nSPS) is 17.0. The second-order valence-corrected chi connectivity index (χ2v) is 6.60. The van der Waals surface area contributed by atoms with Crippen LogP contribution in [0.2, 0.25) is 5.02 Å². The van der Waals surface area contributed by atoms with E-state index in [1.165, 1.54) is 6.07 Å². The molecule has 1 atom stereocenters. The first kappa shape index (κ1) is 18.9. The number of pyridine rings is 1. The number of nitrogens with one attached hydrogen (secondary N) is 2. The number of halogens is 1. The fraction of sp³-hybridized carbons (Fsp3) is 0.333. The number of benzene rings is 1. The lowest BCUT2D eigenvalue weighted by Gasteiger charge is -2.20. The first-order valence-corrected chi connectivity index (χ1v) is 9.01. The van der Waals surface area contributed by atoms with Crippen molar-refractivity contribution in [1.82, 2.24) is 15.6 Å². The minimum Gasteiger partial charge on any atom is -0.353 e. The molecule has 0 aliphatic carbocycles. The molecule has 1 aromatic carbocycles. The molecule has 9 heteroatoms. The van der Waals surface area contributed by atoms with E-state index in [2.05, 4.69) is 25.5 Å². The number of aromatic nitrogens is 1. The number of rotatable bonds is 5. The molecular formula is C18H21ClN6O2. The summed E-state index contributed by atoms with van der Waals surface area (Å²) in [7, 11) is 1.68. The first-order valence-electron chi connectivity index (χ1n) is 8.63. The van der Waals surface area contributed by atoms with Gasteiger partial charge >= 0.3 is 0 Å². The maximum atomic E-state index is 11.1. The molecule has 1 unspecified atom stereocenters. The number of hydrogen-bond donors (Lipinski definition) is 2. The molecule has 0 spiro atoms. The van der Waals surface area contributed by atoms with E-state index < -0.39 is 0 Å². The average Bonchev–Trinajstić information content (AvgIpc) is 3.14. The molecule has 142 valence electrons. The van der Waals surface area contributed by atoms with Crippen LogP contribution in [0.3, 0.4) is 0 Å². The van der Waals surface area contributed by atoms with E-state index in [4.69, 9.17) is 11.6 Å². The van der Waals surface area contributed by atoms with Crippen LogP contribution in [0.4, 0.5) is 11.5 Å². The van der Waals surface area contributed by atoms with Crippen molar-refractivity contribution < 1.29 is 4.92 Å². The van der Waals surface area contributed by atoms with Crippen LogP contribution in [0.25, 0.3) is 0 Å². The first-order chi connectivity index (χ1) is 13.1. The van der Waals surface area contributed by atoms with Crippen molar-refractivity contribution >= 4 is 29.1 Å². The van der Waals surface area contributed by atoms with E-state index in [-0.39, 0.29) is 16.7 Å². The number of nitrogens with zero attached hydrogens (tertiary/aromatic N) is 4. The summed E-state index contributed by atoms with van der Waals surface area (Å²) < 4.78 is 0. The van der Waals surface area contributed by atoms with Crippen LogP contribution in [0.5, 0.6) is 0 Å². The van der Waals surface area contributed by atoms with Gasteiger partial charge in [-0.05, 0) is 18.6 Å². The topological polar surface area (TPSA) is 95.7 Å². The van der Waals surface area contributed by atoms with Crippen molar-refractivity contribution in [3.05, 3.63) is 63.3 Å². The van der Waals surface area contributed by atoms with Gasteiger partial charge in [-0.15, -0.1) is 0 Å². The van der Waals surface area contributed by atoms with Crippen molar-refractivity contribution in [2.75, 3.05) is 25.0 Å². The van der Waals surface area contributed by atoms with Gasteiger partial charge in [0, 0.05) is 50.6 Å². The van der Waals surface area contributed by atoms with Gasteiger partial charge in [0.15, 0.2) is 5.96 Å². The monoisotopic (exact) mass is 388 g/mol. The number of nitro benzene ring substituents is 1. The standard InChI is InChI=1S/C18H21ClN6O2/c1-20-18(22-11-13-5-2-3-7-16(13)25(26)27)23-14-8-10-24(12-14)17-15(19)6-4-9-21-17/h2-7,9,14H,8,10-12H2,1H3,(H2,20,22,23). The van der Waals surface area contributed by atoms with Crippen molar-refractivity contribution in [3.8, 4) is 0 Å². The van der Waals surface area contributed by atoms with Gasteiger partial charge in [-0.2, -0.15) is 0 Å². The lowest BCUT2D eigenvalue weighted by atomic mass is 10.2. The summed E-state index contributed by atoms with van der Waals surface area (Å²) >= 11 is 6.23. The zero-order valence-electron chi connectivity index (χ0n) is 14.9. The maximum Gasteiger partial charge on any atom is 0.274 e. The molecule has 0 radical (unpaired) electrons. The molecule has 0 saturated carbocycles. The Kier molecular flexibility index (Phi) is 6.08. The van der Waals surface area contributed by atoms with Crippen LogP contribution in [-0.2, 0) is 6.54 Å². The van der Waals surface area contributed by atoms with Gasteiger partial charge in [-0.1, -0.05) is 29.8 Å². The number of nitro groups is 1. The second-order valence-electron chi connectivity index (χ2n) is 6.20. The fourth-order valence-corrected chi connectivity index (χ4v) is 3.33. The molecule has 2 aromatic rings. The van der Waals surface area contributed by atoms with Gasteiger partial charge < -0.3 is 15.5 Å². The van der Waals surface area contributed by atoms with E-state index in [0.29, 0.717) is 23.1 Å². The Balaban J connectivity index is 1.57. The minimum absolute atomic E-state index is 0.0947. The van der Waals surface area contributed by atoms with Crippen molar-refractivity contribution in [2.24, 2.45) is 4.99 Å². The predicted molar refractivity (Wildman–Crippen MR) is 106 cm³/mol. The fourth-order valence-electron chi connectivity index (χ4n) is 3.09. The lowest BCUT2D eigenvalue weighted by molar-refractivity contribution is -0.385. The van der Waals surface area contributed by atoms with Crippen molar-refractivity contribution in [2.45, 2.75) is 19.0 Å². The van der Waals surface area contributed by atoms with Crippen LogP contribution >= 0.6 is 11.6 Å². The molecule has 2 heterocycles. The Morgan fingerprint density at radius 2 is 2.22 bits per heavy atom. The number of para-hydroxylation sites is 1. The van der Waals surface area contributed by atoms with Crippen LogP contribution in [-0.4, -0.2) is 42.0 Å². The third kappa shape index (κ3) is 4.65. The van der Waals surface area contributed by atoms with E-state index in [0.717, 1.165) is 25.3 Å². The molecule has 3 rings (SSSR count). The minimum atomic E-state index is -0.376. The quantitative estimate of drug-likeness (QED) is 0.354. The summed E-state index contributed by atoms with van der Waals surface area (Å²) in [5.41, 5.74) is 0.705. The molecule has 1 aromatic heterocycles. The summed E-state index contributed by atoms with van der Waals surface area (Å²) in [5, 5.41) is 18.3. The van der Waals surface area contributed by atoms with Gasteiger partial charge in [-0.25, -0.2) is 4.98 Å². The third-order valence-corrected chi connectivity index (χ3v) is 4.72. The number of aliphatic imine (C=N–C) groups is 1. The van der Waals surface area contributed by atoms with Gasteiger partial charge in [0.25, 0.3) is 5.69 Å². The Bertz CT molecular complexity index is 844. The molecular weight excluding hydrogens is 368 g/mol. The second kappa shape index (κ2) is 8.68. The largest absolute Gasteiger partial charge is 0.353 e. The molecule has 1 fully saturated rings. The Labute approximate surface area is 162 Å². The molecule has 1 aliphatic heterocycles. The molecule has 1 aliphatic rings. The van der Waals surface area contributed by atoms with Crippen LogP contribution in [0.15, 0.2) is 47.6 Å². The lowest BCUT2D eigenvalue weighted by Crippen LogP contribution is -2.44. The molecule has 1 saturated heterocycles. The molecule has 0 bridgehead atoms. The van der Waals surface area contributed by atoms with E-state index >= 15 is 0 Å². The van der Waals surface area contributed by atoms with Crippen LogP contribution in [0, 0.1) is 10.1 Å². The van der Waals surface area contributed by atoms with Gasteiger partial charge in [0.1, 0.15) is 5.82 Å². The summed E-state index contributed by atoms with van der Waals surface area (Å²) in [4.78, 5) is 21.5. The van der Waals surface area contributed by atoms with Gasteiger partial charge in [-0.3, -0.25) is 15.1 Å². The molecule has 8 nitrogen and oxygen atoms in total. The maximum absolute atomic E-state index is 11.1. The highest BCUT2D eigenvalue weighted by Gasteiger charge is 2.25. The summed E-state index contributed by atoms with van der Waals surface area (Å²) in [6.07, 6.45) is 2.65. The third-order valence-electron chi connectivity index (χ3n) is 4.43. The molecule has 27 heavy (non-hydrogen) atoms. The van der Waals surface area contributed by atoms with E-state index in [1.54, 1.807) is 31.4 Å². The van der Waals surface area contributed by atoms with Crippen molar-refractivity contribution in [3.63, 3.8) is 0 Å². The van der Waals surface area contributed by atoms with Gasteiger partial charge in [0.2, 0.25) is 0 Å². The summed E-state index contributed by atoms with van der Waals surface area (Å²) in [6, 6.07) is 10.5. The van der Waals surface area contributed by atoms with E-state index in [9.17, 15) is 10.1 Å². The zero-order valence-corrected chi connectivity index (χ0v) is 15.7. The number of guanidine groups is 1.